The van der Waals surface area contributed by atoms with Gasteiger partial charge in [0.25, 0.3) is 5.91 Å². The number of piperazine rings is 1. The molecule has 0 atom stereocenters. The highest BCUT2D eigenvalue weighted by atomic mass is 16.5. The fourth-order valence-corrected chi connectivity index (χ4v) is 2.79. The molecular formula is C18H23N5O2. The highest BCUT2D eigenvalue weighted by molar-refractivity contribution is 5.92. The molecule has 25 heavy (non-hydrogen) atoms. The number of amides is 1. The molecule has 1 amide bonds. The van der Waals surface area contributed by atoms with E-state index in [4.69, 9.17) is 4.74 Å². The number of methoxy groups -OCH3 is 1. The standard InChI is InChI=1S/C18H23N5O2/c1-25-14-9-19-17(24)16-7-8-20-18(21-16)23-12-10-22(11-13-23)15-5-3-2-4-6-15/h2-8H,9-14H2,1H3,(H,19,24). The van der Waals surface area contributed by atoms with E-state index in [-0.39, 0.29) is 5.91 Å². The number of rotatable bonds is 6. The van der Waals surface area contributed by atoms with Crippen LogP contribution in [0.5, 0.6) is 0 Å². The van der Waals surface area contributed by atoms with Crippen LogP contribution in [-0.2, 0) is 4.74 Å². The zero-order chi connectivity index (χ0) is 17.5. The number of nitrogens with one attached hydrogen (secondary N) is 1. The van der Waals surface area contributed by atoms with E-state index < -0.39 is 0 Å². The summed E-state index contributed by atoms with van der Waals surface area (Å²) in [5.74, 6) is 0.399. The van der Waals surface area contributed by atoms with Gasteiger partial charge in [-0.3, -0.25) is 4.79 Å². The maximum absolute atomic E-state index is 12.1. The molecule has 7 nitrogen and oxygen atoms in total. The molecule has 1 fully saturated rings. The summed E-state index contributed by atoms with van der Waals surface area (Å²) in [4.78, 5) is 25.3. The van der Waals surface area contributed by atoms with Gasteiger partial charge in [0.1, 0.15) is 5.69 Å². The van der Waals surface area contributed by atoms with Crippen LogP contribution in [0, 0.1) is 0 Å². The number of anilines is 2. The van der Waals surface area contributed by atoms with Gasteiger partial charge in [0.05, 0.1) is 6.61 Å². The van der Waals surface area contributed by atoms with Gasteiger partial charge in [0, 0.05) is 51.7 Å². The van der Waals surface area contributed by atoms with Crippen molar-refractivity contribution >= 4 is 17.5 Å². The third-order valence-corrected chi connectivity index (χ3v) is 4.15. The summed E-state index contributed by atoms with van der Waals surface area (Å²) in [6.45, 7) is 4.39. The molecule has 1 aliphatic rings. The number of carbonyl (C=O) groups excluding carboxylic acids is 1. The fourth-order valence-electron chi connectivity index (χ4n) is 2.79. The quantitative estimate of drug-likeness (QED) is 0.796. The second kappa shape index (κ2) is 8.43. The Kier molecular flexibility index (Phi) is 5.79. The average Bonchev–Trinajstić information content (AvgIpc) is 2.69. The smallest absolute Gasteiger partial charge is 0.270 e. The number of carbonyl (C=O) groups is 1. The van der Waals surface area contributed by atoms with Crippen LogP contribution < -0.4 is 15.1 Å². The minimum Gasteiger partial charge on any atom is -0.383 e. The molecule has 1 aromatic heterocycles. The molecule has 0 aliphatic carbocycles. The van der Waals surface area contributed by atoms with Gasteiger partial charge >= 0.3 is 0 Å². The number of hydrogen-bond donors (Lipinski definition) is 1. The van der Waals surface area contributed by atoms with Crippen molar-refractivity contribution in [2.75, 3.05) is 56.2 Å². The minimum absolute atomic E-state index is 0.205. The van der Waals surface area contributed by atoms with Crippen LogP contribution in [0.1, 0.15) is 10.5 Å². The van der Waals surface area contributed by atoms with Gasteiger partial charge < -0.3 is 19.9 Å². The molecule has 2 aromatic rings. The average molecular weight is 341 g/mol. The van der Waals surface area contributed by atoms with Crippen molar-refractivity contribution in [1.29, 1.82) is 0 Å². The first-order valence-electron chi connectivity index (χ1n) is 8.43. The molecular weight excluding hydrogens is 318 g/mol. The monoisotopic (exact) mass is 341 g/mol. The number of hydrogen-bond acceptors (Lipinski definition) is 6. The van der Waals surface area contributed by atoms with Gasteiger partial charge in [-0.2, -0.15) is 0 Å². The maximum atomic E-state index is 12.1. The molecule has 7 heteroatoms. The van der Waals surface area contributed by atoms with Crippen molar-refractivity contribution in [3.8, 4) is 0 Å². The number of benzene rings is 1. The normalized spacial score (nSPS) is 14.4. The van der Waals surface area contributed by atoms with Crippen LogP contribution in [0.25, 0.3) is 0 Å². The van der Waals surface area contributed by atoms with E-state index in [1.54, 1.807) is 19.4 Å². The molecule has 0 bridgehead atoms. The largest absolute Gasteiger partial charge is 0.383 e. The highest BCUT2D eigenvalue weighted by Gasteiger charge is 2.20. The molecule has 0 spiro atoms. The van der Waals surface area contributed by atoms with Gasteiger partial charge in [-0.25, -0.2) is 9.97 Å². The van der Waals surface area contributed by atoms with Gasteiger partial charge in [0.15, 0.2) is 0 Å². The SMILES string of the molecule is COCCNC(=O)c1ccnc(N2CCN(c3ccccc3)CC2)n1. The van der Waals surface area contributed by atoms with Gasteiger partial charge in [-0.05, 0) is 18.2 Å². The Bertz CT molecular complexity index is 687. The van der Waals surface area contributed by atoms with Crippen LogP contribution in [0.3, 0.4) is 0 Å². The Balaban J connectivity index is 1.60. The van der Waals surface area contributed by atoms with Crippen molar-refractivity contribution in [2.24, 2.45) is 0 Å². The molecule has 1 aromatic carbocycles. The maximum Gasteiger partial charge on any atom is 0.270 e. The Morgan fingerprint density at radius 2 is 1.84 bits per heavy atom. The van der Waals surface area contributed by atoms with E-state index in [1.807, 2.05) is 6.07 Å². The summed E-state index contributed by atoms with van der Waals surface area (Å²) < 4.78 is 4.93. The first-order valence-corrected chi connectivity index (χ1v) is 8.43. The van der Waals surface area contributed by atoms with Crippen molar-refractivity contribution in [3.63, 3.8) is 0 Å². The second-order valence-electron chi connectivity index (χ2n) is 5.80. The molecule has 0 radical (unpaired) electrons. The summed E-state index contributed by atoms with van der Waals surface area (Å²) in [5, 5.41) is 2.78. The van der Waals surface area contributed by atoms with Crippen molar-refractivity contribution in [3.05, 3.63) is 48.3 Å². The first kappa shape index (κ1) is 17.2. The van der Waals surface area contributed by atoms with E-state index in [0.717, 1.165) is 26.2 Å². The summed E-state index contributed by atoms with van der Waals surface area (Å²) in [6.07, 6.45) is 1.64. The second-order valence-corrected chi connectivity index (χ2v) is 5.80. The minimum atomic E-state index is -0.205. The highest BCUT2D eigenvalue weighted by Crippen LogP contribution is 2.17. The van der Waals surface area contributed by atoms with Crippen LogP contribution in [0.4, 0.5) is 11.6 Å². The van der Waals surface area contributed by atoms with Crippen molar-refractivity contribution in [1.82, 2.24) is 15.3 Å². The topological polar surface area (TPSA) is 70.6 Å². The fraction of sp³-hybridized carbons (Fsp3) is 0.389. The van der Waals surface area contributed by atoms with Crippen molar-refractivity contribution in [2.45, 2.75) is 0 Å². The van der Waals surface area contributed by atoms with Gasteiger partial charge in [-0.1, -0.05) is 18.2 Å². The lowest BCUT2D eigenvalue weighted by molar-refractivity contribution is 0.0932. The Hall–Kier alpha value is -2.67. The van der Waals surface area contributed by atoms with Gasteiger partial charge in [0.2, 0.25) is 5.95 Å². The predicted molar refractivity (Wildman–Crippen MR) is 97.1 cm³/mol. The van der Waals surface area contributed by atoms with Crippen LogP contribution in [0.2, 0.25) is 0 Å². The molecule has 1 aliphatic heterocycles. The number of para-hydroxylation sites is 1. The zero-order valence-corrected chi connectivity index (χ0v) is 14.4. The molecule has 2 heterocycles. The summed E-state index contributed by atoms with van der Waals surface area (Å²) in [5.41, 5.74) is 1.61. The van der Waals surface area contributed by atoms with E-state index in [1.165, 1.54) is 5.69 Å². The first-order chi connectivity index (χ1) is 12.3. The summed E-state index contributed by atoms with van der Waals surface area (Å²) in [7, 11) is 1.60. The zero-order valence-electron chi connectivity index (χ0n) is 14.4. The molecule has 1 saturated heterocycles. The van der Waals surface area contributed by atoms with Crippen LogP contribution in [-0.4, -0.2) is 62.3 Å². The predicted octanol–water partition coefficient (Wildman–Crippen LogP) is 1.18. The van der Waals surface area contributed by atoms with E-state index >= 15 is 0 Å². The Morgan fingerprint density at radius 1 is 1.12 bits per heavy atom. The molecule has 1 N–H and O–H groups in total. The third kappa shape index (κ3) is 4.45. The molecule has 132 valence electrons. The summed E-state index contributed by atoms with van der Waals surface area (Å²) in [6, 6.07) is 12.0. The van der Waals surface area contributed by atoms with Gasteiger partial charge in [-0.15, -0.1) is 0 Å². The van der Waals surface area contributed by atoms with E-state index in [2.05, 4.69) is 49.4 Å². The number of aromatic nitrogens is 2. The molecule has 3 rings (SSSR count). The summed E-state index contributed by atoms with van der Waals surface area (Å²) >= 11 is 0. The van der Waals surface area contributed by atoms with Crippen molar-refractivity contribution < 1.29 is 9.53 Å². The Morgan fingerprint density at radius 3 is 2.56 bits per heavy atom. The number of nitrogens with zero attached hydrogens (tertiary/aromatic N) is 4. The number of ether oxygens (including phenoxy) is 1. The lowest BCUT2D eigenvalue weighted by atomic mass is 10.2. The van der Waals surface area contributed by atoms with E-state index in [0.29, 0.717) is 24.8 Å². The lowest BCUT2D eigenvalue weighted by Gasteiger charge is -2.36. The van der Waals surface area contributed by atoms with Crippen LogP contribution >= 0.6 is 0 Å². The third-order valence-electron chi connectivity index (χ3n) is 4.15. The van der Waals surface area contributed by atoms with Crippen LogP contribution in [0.15, 0.2) is 42.6 Å². The lowest BCUT2D eigenvalue weighted by Crippen LogP contribution is -2.47. The molecule has 0 unspecified atom stereocenters. The molecule has 0 saturated carbocycles. The van der Waals surface area contributed by atoms with E-state index in [9.17, 15) is 4.79 Å². The Labute approximate surface area is 147 Å².